The van der Waals surface area contributed by atoms with Crippen molar-refractivity contribution in [2.75, 3.05) is 26.2 Å². The largest absolute Gasteiger partial charge is 0.342 e. The van der Waals surface area contributed by atoms with E-state index < -0.39 is 10.0 Å². The van der Waals surface area contributed by atoms with Crippen molar-refractivity contribution in [3.8, 4) is 0 Å². The molecule has 1 amide bonds. The van der Waals surface area contributed by atoms with Crippen molar-refractivity contribution in [2.24, 2.45) is 5.41 Å². The van der Waals surface area contributed by atoms with Gasteiger partial charge in [0.15, 0.2) is 0 Å². The number of pyridine rings is 1. The summed E-state index contributed by atoms with van der Waals surface area (Å²) in [6.07, 6.45) is 9.39. The fourth-order valence-corrected chi connectivity index (χ4v) is 6.16. The zero-order valence-electron chi connectivity index (χ0n) is 15.1. The summed E-state index contributed by atoms with van der Waals surface area (Å²) in [5, 5.41) is -0.108. The summed E-state index contributed by atoms with van der Waals surface area (Å²) in [4.78, 5) is 18.5. The first-order chi connectivity index (χ1) is 12.5. The number of carbonyl (C=O) groups excluding carboxylic acids is 1. The molecule has 4 rings (SSSR count). The molecule has 6 nitrogen and oxygen atoms in total. The van der Waals surface area contributed by atoms with E-state index in [9.17, 15) is 13.2 Å². The van der Waals surface area contributed by atoms with Crippen LogP contribution in [0, 0.1) is 5.41 Å². The van der Waals surface area contributed by atoms with Crippen LogP contribution >= 0.6 is 0 Å². The van der Waals surface area contributed by atoms with Crippen LogP contribution in [-0.2, 0) is 21.2 Å². The molecule has 3 fully saturated rings. The number of carbonyl (C=O) groups is 1. The minimum Gasteiger partial charge on any atom is -0.342 e. The molecule has 26 heavy (non-hydrogen) atoms. The Morgan fingerprint density at radius 2 is 1.77 bits per heavy atom. The Balaban J connectivity index is 1.29. The van der Waals surface area contributed by atoms with Crippen molar-refractivity contribution < 1.29 is 13.2 Å². The maximum atomic E-state index is 12.5. The highest BCUT2D eigenvalue weighted by Gasteiger charge is 2.45. The molecule has 0 atom stereocenters. The van der Waals surface area contributed by atoms with Gasteiger partial charge in [-0.25, -0.2) is 12.7 Å². The summed E-state index contributed by atoms with van der Waals surface area (Å²) in [6, 6.07) is 3.80. The first-order valence-corrected chi connectivity index (χ1v) is 11.1. The molecule has 142 valence electrons. The number of nitrogens with zero attached hydrogens (tertiary/aromatic N) is 3. The Kier molecular flexibility index (Phi) is 4.77. The normalized spacial score (nSPS) is 23.9. The van der Waals surface area contributed by atoms with Crippen LogP contribution in [0.3, 0.4) is 0 Å². The van der Waals surface area contributed by atoms with E-state index in [1.165, 1.54) is 0 Å². The van der Waals surface area contributed by atoms with Gasteiger partial charge in [0.25, 0.3) is 0 Å². The third-order valence-corrected chi connectivity index (χ3v) is 8.74. The zero-order chi connectivity index (χ0) is 18.2. The fourth-order valence-electron chi connectivity index (χ4n) is 4.31. The van der Waals surface area contributed by atoms with Gasteiger partial charge in [-0.05, 0) is 55.6 Å². The summed E-state index contributed by atoms with van der Waals surface area (Å²) in [5.74, 6) is 0.168. The molecule has 2 aliphatic heterocycles. The van der Waals surface area contributed by atoms with Gasteiger partial charge in [0.2, 0.25) is 15.9 Å². The van der Waals surface area contributed by atoms with Crippen LogP contribution in [0.2, 0.25) is 0 Å². The van der Waals surface area contributed by atoms with Gasteiger partial charge >= 0.3 is 0 Å². The number of sulfonamides is 1. The Labute approximate surface area is 155 Å². The van der Waals surface area contributed by atoms with Gasteiger partial charge in [-0.15, -0.1) is 0 Å². The molecule has 1 spiro atoms. The van der Waals surface area contributed by atoms with E-state index in [1.807, 2.05) is 17.0 Å². The smallest absolute Gasteiger partial charge is 0.227 e. The average Bonchev–Trinajstić information content (AvgIpc) is 3.49. The molecular weight excluding hydrogens is 350 g/mol. The summed E-state index contributed by atoms with van der Waals surface area (Å²) < 4.78 is 26.5. The van der Waals surface area contributed by atoms with Crippen LogP contribution in [0.4, 0.5) is 0 Å². The van der Waals surface area contributed by atoms with Crippen LogP contribution in [0.5, 0.6) is 0 Å². The highest BCUT2D eigenvalue weighted by atomic mass is 32.2. The van der Waals surface area contributed by atoms with Crippen molar-refractivity contribution in [1.29, 1.82) is 0 Å². The second kappa shape index (κ2) is 6.93. The number of aromatic nitrogens is 1. The van der Waals surface area contributed by atoms with E-state index in [1.54, 1.807) is 16.7 Å². The zero-order valence-corrected chi connectivity index (χ0v) is 16.0. The first kappa shape index (κ1) is 17.9. The Morgan fingerprint density at radius 3 is 2.35 bits per heavy atom. The van der Waals surface area contributed by atoms with Gasteiger partial charge in [-0.1, -0.05) is 6.07 Å². The Morgan fingerprint density at radius 1 is 1.12 bits per heavy atom. The Bertz CT molecular complexity index is 743. The maximum absolute atomic E-state index is 12.5. The molecule has 3 aliphatic rings. The van der Waals surface area contributed by atoms with Crippen molar-refractivity contribution in [3.63, 3.8) is 0 Å². The van der Waals surface area contributed by atoms with E-state index in [-0.39, 0.29) is 16.6 Å². The van der Waals surface area contributed by atoms with Crippen LogP contribution in [0.1, 0.15) is 44.1 Å². The number of rotatable bonds is 4. The van der Waals surface area contributed by atoms with Gasteiger partial charge in [-0.3, -0.25) is 9.78 Å². The molecular formula is C19H27N3O3S. The van der Waals surface area contributed by atoms with E-state index in [4.69, 9.17) is 0 Å². The van der Waals surface area contributed by atoms with Gasteiger partial charge in [0.05, 0.1) is 11.7 Å². The SMILES string of the molecule is O=C(Cc1cccnc1)N1CCC2(CC1)CCN(S(=O)(=O)C1CC1)CC2. The molecule has 1 aliphatic carbocycles. The topological polar surface area (TPSA) is 70.6 Å². The molecule has 0 radical (unpaired) electrons. The highest BCUT2D eigenvalue weighted by Crippen LogP contribution is 2.43. The van der Waals surface area contributed by atoms with Crippen molar-refractivity contribution in [3.05, 3.63) is 30.1 Å². The molecule has 2 saturated heterocycles. The molecule has 0 N–H and O–H groups in total. The molecule has 0 unspecified atom stereocenters. The highest BCUT2D eigenvalue weighted by molar-refractivity contribution is 7.90. The van der Waals surface area contributed by atoms with Gasteiger partial charge in [0.1, 0.15) is 0 Å². The molecule has 1 saturated carbocycles. The molecule has 7 heteroatoms. The third-order valence-electron chi connectivity index (χ3n) is 6.34. The number of hydrogen-bond acceptors (Lipinski definition) is 4. The second-order valence-corrected chi connectivity index (χ2v) is 10.3. The first-order valence-electron chi connectivity index (χ1n) is 9.64. The molecule has 0 aromatic carbocycles. The standard InChI is InChI=1S/C19H27N3O3S/c23-18(14-16-2-1-9-20-15-16)21-10-5-19(6-11-21)7-12-22(13-8-19)26(24,25)17-3-4-17/h1-2,9,15,17H,3-8,10-14H2. The summed E-state index contributed by atoms with van der Waals surface area (Å²) in [5.41, 5.74) is 1.18. The second-order valence-electron chi connectivity index (χ2n) is 8.06. The van der Waals surface area contributed by atoms with Crippen LogP contribution in [-0.4, -0.2) is 59.9 Å². The number of amides is 1. The van der Waals surface area contributed by atoms with E-state index in [2.05, 4.69) is 4.98 Å². The van der Waals surface area contributed by atoms with Gasteiger partial charge in [-0.2, -0.15) is 0 Å². The molecule has 1 aromatic rings. The maximum Gasteiger partial charge on any atom is 0.227 e. The predicted octanol–water partition coefficient (Wildman–Crippen LogP) is 1.82. The van der Waals surface area contributed by atoms with Crippen LogP contribution in [0.15, 0.2) is 24.5 Å². The number of piperidine rings is 2. The van der Waals surface area contributed by atoms with E-state index in [0.29, 0.717) is 19.5 Å². The number of likely N-dealkylation sites (tertiary alicyclic amines) is 1. The Hall–Kier alpha value is -1.47. The minimum absolute atomic E-state index is 0.108. The lowest BCUT2D eigenvalue weighted by molar-refractivity contribution is -0.133. The molecule has 3 heterocycles. The van der Waals surface area contributed by atoms with Crippen molar-refractivity contribution in [2.45, 2.75) is 50.2 Å². The van der Waals surface area contributed by atoms with E-state index in [0.717, 1.165) is 57.2 Å². The van der Waals surface area contributed by atoms with Gasteiger partial charge < -0.3 is 4.90 Å². The lowest BCUT2D eigenvalue weighted by Crippen LogP contribution is -2.50. The molecule has 0 bridgehead atoms. The fraction of sp³-hybridized carbons (Fsp3) is 0.684. The van der Waals surface area contributed by atoms with E-state index >= 15 is 0 Å². The third kappa shape index (κ3) is 3.64. The van der Waals surface area contributed by atoms with Crippen molar-refractivity contribution in [1.82, 2.24) is 14.2 Å². The minimum atomic E-state index is -3.04. The number of hydrogen-bond donors (Lipinski definition) is 0. The summed E-state index contributed by atoms with van der Waals surface area (Å²) in [7, 11) is -3.04. The predicted molar refractivity (Wildman–Crippen MR) is 98.9 cm³/mol. The lowest BCUT2D eigenvalue weighted by atomic mass is 9.71. The lowest BCUT2D eigenvalue weighted by Gasteiger charge is -2.46. The summed E-state index contributed by atoms with van der Waals surface area (Å²) in [6.45, 7) is 2.88. The summed E-state index contributed by atoms with van der Waals surface area (Å²) >= 11 is 0. The van der Waals surface area contributed by atoms with Crippen LogP contribution in [0.25, 0.3) is 0 Å². The molecule has 1 aromatic heterocycles. The average molecular weight is 378 g/mol. The van der Waals surface area contributed by atoms with Crippen molar-refractivity contribution >= 4 is 15.9 Å². The van der Waals surface area contributed by atoms with Crippen LogP contribution < -0.4 is 0 Å². The quantitative estimate of drug-likeness (QED) is 0.802. The van der Waals surface area contributed by atoms with Gasteiger partial charge in [0, 0.05) is 38.6 Å². The monoisotopic (exact) mass is 377 g/mol.